The third-order valence-electron chi connectivity index (χ3n) is 4.28. The number of aromatic amines is 1. The van der Waals surface area contributed by atoms with E-state index in [1.54, 1.807) is 26.0 Å². The van der Waals surface area contributed by atoms with Crippen LogP contribution in [-0.2, 0) is 0 Å². The topological polar surface area (TPSA) is 77.8 Å². The molecule has 1 aromatic carbocycles. The molecule has 0 bridgehead atoms. The van der Waals surface area contributed by atoms with Gasteiger partial charge in [0.2, 0.25) is 5.75 Å². The second-order valence-electron chi connectivity index (χ2n) is 6.19. The summed E-state index contributed by atoms with van der Waals surface area (Å²) in [6.07, 6.45) is 0. The molecule has 0 spiro atoms. The molecule has 7 nitrogen and oxygen atoms in total. The van der Waals surface area contributed by atoms with Gasteiger partial charge in [-0.3, -0.25) is 14.6 Å². The maximum atomic E-state index is 12.7. The minimum atomic E-state index is -0.249. The van der Waals surface area contributed by atoms with E-state index in [1.807, 2.05) is 32.9 Å². The van der Waals surface area contributed by atoms with Gasteiger partial charge in [0, 0.05) is 11.6 Å². The van der Waals surface area contributed by atoms with Crippen molar-refractivity contribution >= 4 is 22.6 Å². The summed E-state index contributed by atoms with van der Waals surface area (Å²) in [7, 11) is 4.73. The van der Waals surface area contributed by atoms with Crippen LogP contribution in [-0.4, -0.2) is 36.2 Å². The number of thioether (sulfide) groups is 1. The Hall–Kier alpha value is -2.35. The molecule has 1 aliphatic rings. The number of benzene rings is 1. The number of nitrogens with zero attached hydrogens (tertiary/aromatic N) is 2. The predicted molar refractivity (Wildman–Crippen MR) is 104 cm³/mol. The van der Waals surface area contributed by atoms with Gasteiger partial charge in [-0.2, -0.15) is 0 Å². The first-order valence-corrected chi connectivity index (χ1v) is 9.16. The largest absolute Gasteiger partial charge is 0.493 e. The van der Waals surface area contributed by atoms with Crippen molar-refractivity contribution in [3.63, 3.8) is 0 Å². The fourth-order valence-corrected chi connectivity index (χ4v) is 4.26. The molecule has 0 unspecified atom stereocenters. The van der Waals surface area contributed by atoms with Crippen LogP contribution in [0.15, 0.2) is 21.9 Å². The van der Waals surface area contributed by atoms with Crippen LogP contribution in [0, 0.1) is 0 Å². The summed E-state index contributed by atoms with van der Waals surface area (Å²) in [6, 6.07) is 3.83. The van der Waals surface area contributed by atoms with Crippen molar-refractivity contribution in [2.75, 3.05) is 21.3 Å². The van der Waals surface area contributed by atoms with Gasteiger partial charge in [0.25, 0.3) is 5.56 Å². The van der Waals surface area contributed by atoms with E-state index in [2.05, 4.69) is 10.1 Å². The highest BCUT2D eigenvalue weighted by Crippen LogP contribution is 2.50. The number of ether oxygens (including phenoxy) is 3. The summed E-state index contributed by atoms with van der Waals surface area (Å²) < 4.78 is 18.3. The van der Waals surface area contributed by atoms with E-state index in [9.17, 15) is 4.79 Å². The molecule has 2 aromatic rings. The standard InChI is InChI=1S/C18H23N3O4S/c1-9(2)21-17-13(18(22)20-21)16(26-10(3)19-17)11-7-8-12(23-4)15(25-6)14(11)24-5/h7-9,16H,1-6H3,(H,20,22)/t16-/m0/s1. The van der Waals surface area contributed by atoms with Gasteiger partial charge in [0.1, 0.15) is 0 Å². The number of aliphatic imine (C=N–C) groups is 1. The van der Waals surface area contributed by atoms with E-state index < -0.39 is 0 Å². The van der Waals surface area contributed by atoms with Gasteiger partial charge in [0.15, 0.2) is 17.3 Å². The zero-order chi connectivity index (χ0) is 19.0. The Kier molecular flexibility index (Phi) is 5.04. The Labute approximate surface area is 156 Å². The molecule has 2 heterocycles. The summed E-state index contributed by atoms with van der Waals surface area (Å²) >= 11 is 1.52. The van der Waals surface area contributed by atoms with E-state index in [1.165, 1.54) is 11.8 Å². The Morgan fingerprint density at radius 2 is 1.85 bits per heavy atom. The summed E-state index contributed by atoms with van der Waals surface area (Å²) in [5.74, 6) is 2.31. The molecule has 0 saturated heterocycles. The second kappa shape index (κ2) is 7.11. The molecule has 8 heteroatoms. The van der Waals surface area contributed by atoms with Gasteiger partial charge in [-0.25, -0.2) is 4.99 Å². The molecule has 3 rings (SSSR count). The van der Waals surface area contributed by atoms with Crippen molar-refractivity contribution in [2.45, 2.75) is 32.1 Å². The Balaban J connectivity index is 2.25. The molecule has 0 aliphatic carbocycles. The number of rotatable bonds is 5. The van der Waals surface area contributed by atoms with Crippen LogP contribution in [0.2, 0.25) is 0 Å². The van der Waals surface area contributed by atoms with Crippen molar-refractivity contribution in [2.24, 2.45) is 4.99 Å². The number of H-pyrrole nitrogens is 1. The number of hydrogen-bond donors (Lipinski definition) is 1. The van der Waals surface area contributed by atoms with Crippen LogP contribution in [0.3, 0.4) is 0 Å². The Bertz CT molecular complexity index is 914. The minimum Gasteiger partial charge on any atom is -0.493 e. The lowest BCUT2D eigenvalue weighted by Gasteiger charge is -2.24. The van der Waals surface area contributed by atoms with Gasteiger partial charge >= 0.3 is 0 Å². The van der Waals surface area contributed by atoms with Gasteiger partial charge in [-0.05, 0) is 32.9 Å². The lowest BCUT2D eigenvalue weighted by atomic mass is 10.0. The van der Waals surface area contributed by atoms with Gasteiger partial charge < -0.3 is 14.2 Å². The number of aromatic nitrogens is 2. The summed E-state index contributed by atoms with van der Waals surface area (Å²) in [6.45, 7) is 5.96. The first-order valence-electron chi connectivity index (χ1n) is 8.28. The van der Waals surface area contributed by atoms with E-state index in [-0.39, 0.29) is 16.9 Å². The first-order chi connectivity index (χ1) is 12.4. The molecule has 0 saturated carbocycles. The highest BCUT2D eigenvalue weighted by molar-refractivity contribution is 8.14. The SMILES string of the molecule is COc1ccc([C@@H]2SC(C)=Nc3c2c(=O)[nH]n3C(C)C)c(OC)c1OC. The van der Waals surface area contributed by atoms with E-state index in [0.29, 0.717) is 28.6 Å². The molecular weight excluding hydrogens is 354 g/mol. The van der Waals surface area contributed by atoms with Crippen LogP contribution in [0.5, 0.6) is 17.2 Å². The lowest BCUT2D eigenvalue weighted by molar-refractivity contribution is 0.322. The quantitative estimate of drug-likeness (QED) is 0.860. The van der Waals surface area contributed by atoms with Crippen molar-refractivity contribution in [3.05, 3.63) is 33.6 Å². The molecule has 0 amide bonds. The molecule has 1 N–H and O–H groups in total. The maximum Gasteiger partial charge on any atom is 0.271 e. The predicted octanol–water partition coefficient (Wildman–Crippen LogP) is 3.67. The van der Waals surface area contributed by atoms with Gasteiger partial charge in [-0.15, -0.1) is 0 Å². The number of methoxy groups -OCH3 is 3. The maximum absolute atomic E-state index is 12.7. The number of nitrogens with one attached hydrogen (secondary N) is 1. The summed E-state index contributed by atoms with van der Waals surface area (Å²) in [4.78, 5) is 17.3. The smallest absolute Gasteiger partial charge is 0.271 e. The Morgan fingerprint density at radius 3 is 2.42 bits per heavy atom. The number of hydrogen-bond acceptors (Lipinski definition) is 6. The first kappa shape index (κ1) is 18.4. The molecule has 1 aliphatic heterocycles. The number of fused-ring (bicyclic) bond motifs is 1. The molecule has 0 radical (unpaired) electrons. The fraction of sp³-hybridized carbons (Fsp3) is 0.444. The average molecular weight is 377 g/mol. The second-order valence-corrected chi connectivity index (χ2v) is 7.49. The zero-order valence-corrected chi connectivity index (χ0v) is 16.6. The summed E-state index contributed by atoms with van der Waals surface area (Å²) in [5.41, 5.74) is 1.33. The third kappa shape index (κ3) is 2.88. The normalized spacial score (nSPS) is 16.3. The monoisotopic (exact) mass is 377 g/mol. The summed E-state index contributed by atoms with van der Waals surface area (Å²) in [5, 5.41) is 3.54. The zero-order valence-electron chi connectivity index (χ0n) is 15.7. The fourth-order valence-electron chi connectivity index (χ4n) is 3.13. The van der Waals surface area contributed by atoms with Crippen molar-refractivity contribution < 1.29 is 14.2 Å². The van der Waals surface area contributed by atoms with Crippen LogP contribution in [0.1, 0.15) is 43.2 Å². The van der Waals surface area contributed by atoms with E-state index in [4.69, 9.17) is 14.2 Å². The highest BCUT2D eigenvalue weighted by Gasteiger charge is 2.33. The van der Waals surface area contributed by atoms with Crippen molar-refractivity contribution in [1.29, 1.82) is 0 Å². The van der Waals surface area contributed by atoms with Crippen LogP contribution >= 0.6 is 11.8 Å². The molecule has 1 atom stereocenters. The van der Waals surface area contributed by atoms with Crippen molar-refractivity contribution in [3.8, 4) is 17.2 Å². The molecular formula is C18H23N3O4S. The molecule has 1 aromatic heterocycles. The lowest BCUT2D eigenvalue weighted by Crippen LogP contribution is -2.14. The molecule has 0 fully saturated rings. The van der Waals surface area contributed by atoms with Crippen molar-refractivity contribution in [1.82, 2.24) is 9.78 Å². The molecule has 140 valence electrons. The van der Waals surface area contributed by atoms with E-state index in [0.717, 1.165) is 10.6 Å². The van der Waals surface area contributed by atoms with E-state index >= 15 is 0 Å². The highest BCUT2D eigenvalue weighted by atomic mass is 32.2. The van der Waals surface area contributed by atoms with Gasteiger partial charge in [0.05, 0.1) is 37.2 Å². The average Bonchev–Trinajstić information content (AvgIpc) is 2.96. The third-order valence-corrected chi connectivity index (χ3v) is 5.44. The van der Waals surface area contributed by atoms with Crippen LogP contribution < -0.4 is 19.8 Å². The van der Waals surface area contributed by atoms with Crippen LogP contribution in [0.25, 0.3) is 0 Å². The molecule has 26 heavy (non-hydrogen) atoms. The van der Waals surface area contributed by atoms with Crippen LogP contribution in [0.4, 0.5) is 5.82 Å². The van der Waals surface area contributed by atoms with Gasteiger partial charge in [-0.1, -0.05) is 11.8 Å². The Morgan fingerprint density at radius 1 is 1.15 bits per heavy atom. The minimum absolute atomic E-state index is 0.0963.